The lowest BCUT2D eigenvalue weighted by Gasteiger charge is -2.23. The van der Waals surface area contributed by atoms with Crippen LogP contribution in [0.2, 0.25) is 0 Å². The Hall–Kier alpha value is -3.58. The second-order valence-electron chi connectivity index (χ2n) is 6.37. The molecule has 6 nitrogen and oxygen atoms in total. The van der Waals surface area contributed by atoms with Gasteiger partial charge in [-0.1, -0.05) is 24.3 Å². The standard InChI is InChI=1S/C23H22N2O4S/c1-3-17-25(30(27,28)22-7-5-4-6-8-22)20-13-9-18(10-14-20)23(26)24-19-11-15-21(29-2)16-12-19/h3-16H,1,17H2,2H3,(H,24,26). The topological polar surface area (TPSA) is 75.7 Å². The fraction of sp³-hybridized carbons (Fsp3) is 0.0870. The van der Waals surface area contributed by atoms with E-state index in [0.717, 1.165) is 0 Å². The van der Waals surface area contributed by atoms with Gasteiger partial charge in [0.15, 0.2) is 0 Å². The van der Waals surface area contributed by atoms with Gasteiger partial charge in [0.2, 0.25) is 0 Å². The van der Waals surface area contributed by atoms with Crippen molar-refractivity contribution in [1.29, 1.82) is 0 Å². The van der Waals surface area contributed by atoms with Gasteiger partial charge in [-0.05, 0) is 60.7 Å². The molecular weight excluding hydrogens is 400 g/mol. The molecule has 0 fully saturated rings. The molecule has 1 N–H and O–H groups in total. The van der Waals surface area contributed by atoms with Crippen LogP contribution in [0.25, 0.3) is 0 Å². The lowest BCUT2D eigenvalue weighted by molar-refractivity contribution is 0.102. The number of anilines is 2. The van der Waals surface area contributed by atoms with Gasteiger partial charge in [0.05, 0.1) is 24.2 Å². The Kier molecular flexibility index (Phi) is 6.54. The van der Waals surface area contributed by atoms with Crippen LogP contribution < -0.4 is 14.4 Å². The molecule has 3 aromatic carbocycles. The maximum Gasteiger partial charge on any atom is 0.264 e. The predicted octanol–water partition coefficient (Wildman–Crippen LogP) is 4.33. The van der Waals surface area contributed by atoms with Crippen molar-refractivity contribution in [3.63, 3.8) is 0 Å². The van der Waals surface area contributed by atoms with Crippen LogP contribution in [-0.2, 0) is 10.0 Å². The number of nitrogens with one attached hydrogen (secondary N) is 1. The summed E-state index contributed by atoms with van der Waals surface area (Å²) in [5.41, 5.74) is 1.48. The van der Waals surface area contributed by atoms with Crippen molar-refractivity contribution in [2.24, 2.45) is 0 Å². The van der Waals surface area contributed by atoms with E-state index in [1.165, 1.54) is 10.4 Å². The van der Waals surface area contributed by atoms with E-state index in [9.17, 15) is 13.2 Å². The molecule has 0 unspecified atom stereocenters. The molecular formula is C23H22N2O4S. The van der Waals surface area contributed by atoms with Crippen molar-refractivity contribution in [2.45, 2.75) is 4.90 Å². The summed E-state index contributed by atoms with van der Waals surface area (Å²) in [5.74, 6) is 0.396. The zero-order chi connectivity index (χ0) is 21.6. The average Bonchev–Trinajstić information content (AvgIpc) is 2.78. The number of amides is 1. The number of carbonyl (C=O) groups excluding carboxylic acids is 1. The highest BCUT2D eigenvalue weighted by Crippen LogP contribution is 2.24. The van der Waals surface area contributed by atoms with Crippen LogP contribution in [0.4, 0.5) is 11.4 Å². The number of ether oxygens (including phenoxy) is 1. The Labute approximate surface area is 176 Å². The SMILES string of the molecule is C=CCN(c1ccc(C(=O)Nc2ccc(OC)cc2)cc1)S(=O)(=O)c1ccccc1. The highest BCUT2D eigenvalue weighted by molar-refractivity contribution is 7.92. The van der Waals surface area contributed by atoms with Crippen molar-refractivity contribution < 1.29 is 17.9 Å². The van der Waals surface area contributed by atoms with Crippen molar-refractivity contribution in [3.05, 3.63) is 97.1 Å². The lowest BCUT2D eigenvalue weighted by Crippen LogP contribution is -2.31. The fourth-order valence-corrected chi connectivity index (χ4v) is 4.29. The first-order valence-corrected chi connectivity index (χ1v) is 10.6. The van der Waals surface area contributed by atoms with Gasteiger partial charge in [-0.15, -0.1) is 6.58 Å². The third kappa shape index (κ3) is 4.69. The number of methoxy groups -OCH3 is 1. The molecule has 0 spiro atoms. The minimum Gasteiger partial charge on any atom is -0.497 e. The Bertz CT molecular complexity index is 1110. The molecule has 0 aromatic heterocycles. The largest absolute Gasteiger partial charge is 0.497 e. The minimum atomic E-state index is -3.75. The maximum absolute atomic E-state index is 13.0. The minimum absolute atomic E-state index is 0.106. The predicted molar refractivity (Wildman–Crippen MR) is 119 cm³/mol. The first-order chi connectivity index (χ1) is 14.5. The van der Waals surface area contributed by atoms with E-state index < -0.39 is 10.0 Å². The van der Waals surface area contributed by atoms with Gasteiger partial charge in [-0.3, -0.25) is 9.10 Å². The number of sulfonamides is 1. The summed E-state index contributed by atoms with van der Waals surface area (Å²) >= 11 is 0. The molecule has 0 saturated heterocycles. The van der Waals surface area contributed by atoms with E-state index in [-0.39, 0.29) is 17.3 Å². The van der Waals surface area contributed by atoms with Gasteiger partial charge in [0.1, 0.15) is 5.75 Å². The zero-order valence-electron chi connectivity index (χ0n) is 16.5. The Balaban J connectivity index is 1.81. The summed E-state index contributed by atoms with van der Waals surface area (Å²) in [6, 6.07) is 21.6. The van der Waals surface area contributed by atoms with E-state index in [1.54, 1.807) is 86.0 Å². The normalized spacial score (nSPS) is 10.8. The van der Waals surface area contributed by atoms with E-state index in [0.29, 0.717) is 22.7 Å². The number of nitrogens with zero attached hydrogens (tertiary/aromatic N) is 1. The van der Waals surface area contributed by atoms with Gasteiger partial charge in [-0.25, -0.2) is 8.42 Å². The molecule has 0 atom stereocenters. The molecule has 0 bridgehead atoms. The maximum atomic E-state index is 13.0. The molecule has 7 heteroatoms. The quantitative estimate of drug-likeness (QED) is 0.548. The van der Waals surface area contributed by atoms with Crippen LogP contribution in [0, 0.1) is 0 Å². The molecule has 154 valence electrons. The third-order valence-electron chi connectivity index (χ3n) is 4.39. The Morgan fingerprint density at radius 1 is 1.00 bits per heavy atom. The van der Waals surface area contributed by atoms with Crippen LogP contribution in [0.15, 0.2) is 96.4 Å². The van der Waals surface area contributed by atoms with Crippen LogP contribution in [-0.4, -0.2) is 28.0 Å². The molecule has 0 aliphatic carbocycles. The van der Waals surface area contributed by atoms with Crippen molar-refractivity contribution in [3.8, 4) is 5.75 Å². The Morgan fingerprint density at radius 3 is 2.20 bits per heavy atom. The number of carbonyl (C=O) groups is 1. The molecule has 0 radical (unpaired) electrons. The van der Waals surface area contributed by atoms with Crippen molar-refractivity contribution in [2.75, 3.05) is 23.3 Å². The fourth-order valence-electron chi connectivity index (χ4n) is 2.84. The highest BCUT2D eigenvalue weighted by atomic mass is 32.2. The van der Waals surface area contributed by atoms with E-state index in [2.05, 4.69) is 11.9 Å². The molecule has 0 saturated carbocycles. The zero-order valence-corrected chi connectivity index (χ0v) is 17.3. The van der Waals surface area contributed by atoms with Gasteiger partial charge < -0.3 is 10.1 Å². The van der Waals surface area contributed by atoms with Crippen molar-refractivity contribution >= 4 is 27.3 Å². The van der Waals surface area contributed by atoms with E-state index in [1.807, 2.05) is 0 Å². The smallest absolute Gasteiger partial charge is 0.264 e. The van der Waals surface area contributed by atoms with Crippen LogP contribution in [0.1, 0.15) is 10.4 Å². The molecule has 0 aliphatic rings. The summed E-state index contributed by atoms with van der Waals surface area (Å²) in [6.45, 7) is 3.76. The van der Waals surface area contributed by atoms with Gasteiger partial charge >= 0.3 is 0 Å². The van der Waals surface area contributed by atoms with Gasteiger partial charge in [0.25, 0.3) is 15.9 Å². The van der Waals surface area contributed by atoms with Gasteiger partial charge in [-0.2, -0.15) is 0 Å². The van der Waals surface area contributed by atoms with Crippen LogP contribution in [0.3, 0.4) is 0 Å². The first kappa shape index (κ1) is 21.1. The lowest BCUT2D eigenvalue weighted by atomic mass is 10.2. The number of rotatable bonds is 8. The molecule has 30 heavy (non-hydrogen) atoms. The van der Waals surface area contributed by atoms with Gasteiger partial charge in [0, 0.05) is 11.3 Å². The second-order valence-corrected chi connectivity index (χ2v) is 8.23. The summed E-state index contributed by atoms with van der Waals surface area (Å²) < 4.78 is 32.4. The average molecular weight is 423 g/mol. The molecule has 0 aliphatic heterocycles. The monoisotopic (exact) mass is 422 g/mol. The highest BCUT2D eigenvalue weighted by Gasteiger charge is 2.23. The summed E-state index contributed by atoms with van der Waals surface area (Å²) in [6.07, 6.45) is 1.52. The number of hydrogen-bond donors (Lipinski definition) is 1. The van der Waals surface area contributed by atoms with Crippen LogP contribution in [0.5, 0.6) is 5.75 Å². The molecule has 1 amide bonds. The second kappa shape index (κ2) is 9.28. The van der Waals surface area contributed by atoms with E-state index in [4.69, 9.17) is 4.74 Å². The number of benzene rings is 3. The summed E-state index contributed by atoms with van der Waals surface area (Å²) in [5, 5.41) is 2.80. The molecule has 3 rings (SSSR count). The first-order valence-electron chi connectivity index (χ1n) is 9.20. The summed E-state index contributed by atoms with van der Waals surface area (Å²) in [4.78, 5) is 12.7. The van der Waals surface area contributed by atoms with E-state index >= 15 is 0 Å². The summed E-state index contributed by atoms with van der Waals surface area (Å²) in [7, 11) is -2.18. The third-order valence-corrected chi connectivity index (χ3v) is 6.20. The Morgan fingerprint density at radius 2 is 1.63 bits per heavy atom. The van der Waals surface area contributed by atoms with Crippen LogP contribution >= 0.6 is 0 Å². The number of hydrogen-bond acceptors (Lipinski definition) is 4. The van der Waals surface area contributed by atoms with Crippen molar-refractivity contribution in [1.82, 2.24) is 0 Å². The molecule has 3 aromatic rings. The molecule has 0 heterocycles.